The molecule has 1 saturated heterocycles. The standard InChI is InChI=1S/C18H36N2O/c1-2-3-4-5-6-7-8-9-10-11-14-19-15-17-20-16-12-13-18(20)21/h19H,2-17H2,1H3. The molecule has 21 heavy (non-hydrogen) atoms. The van der Waals surface area contributed by atoms with Crippen molar-refractivity contribution in [2.75, 3.05) is 26.2 Å². The lowest BCUT2D eigenvalue weighted by Gasteiger charge is -2.15. The molecule has 1 amide bonds. The predicted molar refractivity (Wildman–Crippen MR) is 90.5 cm³/mol. The maximum absolute atomic E-state index is 11.4. The van der Waals surface area contributed by atoms with Crippen molar-refractivity contribution in [2.24, 2.45) is 0 Å². The summed E-state index contributed by atoms with van der Waals surface area (Å²) in [6, 6.07) is 0. The average Bonchev–Trinajstić information content (AvgIpc) is 2.89. The number of nitrogens with zero attached hydrogens (tertiary/aromatic N) is 1. The number of amides is 1. The number of hydrogen-bond donors (Lipinski definition) is 1. The molecular weight excluding hydrogens is 260 g/mol. The van der Waals surface area contributed by atoms with Crippen LogP contribution in [0.4, 0.5) is 0 Å². The van der Waals surface area contributed by atoms with Crippen molar-refractivity contribution >= 4 is 5.91 Å². The minimum atomic E-state index is 0.343. The fourth-order valence-electron chi connectivity index (χ4n) is 3.02. The van der Waals surface area contributed by atoms with E-state index in [0.29, 0.717) is 5.91 Å². The summed E-state index contributed by atoms with van der Waals surface area (Å²) in [5.41, 5.74) is 0. The maximum Gasteiger partial charge on any atom is 0.222 e. The molecule has 0 atom stereocenters. The van der Waals surface area contributed by atoms with Crippen molar-refractivity contribution in [3.8, 4) is 0 Å². The van der Waals surface area contributed by atoms with Gasteiger partial charge in [-0.15, -0.1) is 0 Å². The Morgan fingerprint density at radius 2 is 1.52 bits per heavy atom. The Bertz CT molecular complexity index is 256. The van der Waals surface area contributed by atoms with Gasteiger partial charge in [-0.25, -0.2) is 0 Å². The predicted octanol–water partition coefficient (Wildman–Crippen LogP) is 4.12. The molecule has 0 unspecified atom stereocenters. The Morgan fingerprint density at radius 3 is 2.10 bits per heavy atom. The number of likely N-dealkylation sites (tertiary alicyclic amines) is 1. The third-order valence-electron chi connectivity index (χ3n) is 4.44. The molecule has 0 bridgehead atoms. The van der Waals surface area contributed by atoms with E-state index in [2.05, 4.69) is 12.2 Å². The third-order valence-corrected chi connectivity index (χ3v) is 4.44. The molecule has 0 aromatic carbocycles. The summed E-state index contributed by atoms with van der Waals surface area (Å²) in [5, 5.41) is 3.46. The summed E-state index contributed by atoms with van der Waals surface area (Å²) in [5.74, 6) is 0.343. The highest BCUT2D eigenvalue weighted by Gasteiger charge is 2.18. The van der Waals surface area contributed by atoms with E-state index >= 15 is 0 Å². The Balaban J connectivity index is 1.72. The smallest absolute Gasteiger partial charge is 0.222 e. The van der Waals surface area contributed by atoms with Crippen LogP contribution in [0.2, 0.25) is 0 Å². The van der Waals surface area contributed by atoms with Crippen LogP contribution in [0, 0.1) is 0 Å². The zero-order chi connectivity index (χ0) is 15.2. The molecule has 0 radical (unpaired) electrons. The van der Waals surface area contributed by atoms with Gasteiger partial charge in [-0.2, -0.15) is 0 Å². The largest absolute Gasteiger partial charge is 0.341 e. The number of hydrogen-bond acceptors (Lipinski definition) is 2. The van der Waals surface area contributed by atoms with Crippen LogP contribution in [0.3, 0.4) is 0 Å². The first kappa shape index (κ1) is 18.5. The van der Waals surface area contributed by atoms with Crippen molar-refractivity contribution in [1.82, 2.24) is 10.2 Å². The molecule has 1 fully saturated rings. The van der Waals surface area contributed by atoms with Gasteiger partial charge in [0.05, 0.1) is 0 Å². The molecule has 1 rings (SSSR count). The van der Waals surface area contributed by atoms with Crippen LogP contribution in [0.25, 0.3) is 0 Å². The normalized spacial score (nSPS) is 15.1. The van der Waals surface area contributed by atoms with Crippen LogP contribution in [0.5, 0.6) is 0 Å². The number of unbranched alkanes of at least 4 members (excludes halogenated alkanes) is 9. The van der Waals surface area contributed by atoms with E-state index in [-0.39, 0.29) is 0 Å². The van der Waals surface area contributed by atoms with E-state index in [4.69, 9.17) is 0 Å². The summed E-state index contributed by atoms with van der Waals surface area (Å²) in [7, 11) is 0. The van der Waals surface area contributed by atoms with Gasteiger partial charge in [-0.3, -0.25) is 4.79 Å². The first-order chi connectivity index (χ1) is 10.3. The van der Waals surface area contributed by atoms with Gasteiger partial charge in [0.25, 0.3) is 0 Å². The number of nitrogens with one attached hydrogen (secondary N) is 1. The van der Waals surface area contributed by atoms with Gasteiger partial charge >= 0.3 is 0 Å². The minimum absolute atomic E-state index is 0.343. The summed E-state index contributed by atoms with van der Waals surface area (Å²) in [4.78, 5) is 13.4. The van der Waals surface area contributed by atoms with Crippen molar-refractivity contribution < 1.29 is 4.79 Å². The molecule has 0 aromatic rings. The SMILES string of the molecule is CCCCCCCCCCCCNCCN1CCCC1=O. The zero-order valence-corrected chi connectivity index (χ0v) is 14.2. The second-order valence-electron chi connectivity index (χ2n) is 6.42. The number of carbonyl (C=O) groups excluding carboxylic acids is 1. The first-order valence-corrected chi connectivity index (χ1v) is 9.33. The lowest BCUT2D eigenvalue weighted by Crippen LogP contribution is -2.33. The average molecular weight is 296 g/mol. The number of carbonyl (C=O) groups is 1. The van der Waals surface area contributed by atoms with Gasteiger partial charge in [0, 0.05) is 26.1 Å². The quantitative estimate of drug-likeness (QED) is 0.489. The molecular formula is C18H36N2O. The second kappa shape index (κ2) is 13.1. The molecule has 0 aromatic heterocycles. The van der Waals surface area contributed by atoms with E-state index in [1.54, 1.807) is 0 Å². The van der Waals surface area contributed by atoms with Gasteiger partial charge in [0.1, 0.15) is 0 Å². The van der Waals surface area contributed by atoms with Crippen LogP contribution in [-0.2, 0) is 4.79 Å². The molecule has 124 valence electrons. The van der Waals surface area contributed by atoms with Gasteiger partial charge in [0.15, 0.2) is 0 Å². The maximum atomic E-state index is 11.4. The molecule has 1 N–H and O–H groups in total. The summed E-state index contributed by atoms with van der Waals surface area (Å²) in [6.45, 7) is 6.22. The van der Waals surface area contributed by atoms with Crippen molar-refractivity contribution in [3.05, 3.63) is 0 Å². The summed E-state index contributed by atoms with van der Waals surface area (Å²) in [6.07, 6.45) is 15.7. The molecule has 1 heterocycles. The van der Waals surface area contributed by atoms with Crippen LogP contribution >= 0.6 is 0 Å². The topological polar surface area (TPSA) is 32.3 Å². The third kappa shape index (κ3) is 9.89. The molecule has 1 aliphatic rings. The van der Waals surface area contributed by atoms with Gasteiger partial charge < -0.3 is 10.2 Å². The Morgan fingerprint density at radius 1 is 0.905 bits per heavy atom. The van der Waals surface area contributed by atoms with Crippen LogP contribution in [0.15, 0.2) is 0 Å². The zero-order valence-electron chi connectivity index (χ0n) is 14.2. The highest BCUT2D eigenvalue weighted by atomic mass is 16.2. The molecule has 0 aliphatic carbocycles. The van der Waals surface area contributed by atoms with E-state index in [1.807, 2.05) is 4.90 Å². The Kier molecular flexibility index (Phi) is 11.5. The van der Waals surface area contributed by atoms with Gasteiger partial charge in [-0.05, 0) is 19.4 Å². The van der Waals surface area contributed by atoms with Crippen molar-refractivity contribution in [2.45, 2.75) is 84.0 Å². The Hall–Kier alpha value is -0.570. The van der Waals surface area contributed by atoms with Gasteiger partial charge in [0.2, 0.25) is 5.91 Å². The summed E-state index contributed by atoms with van der Waals surface area (Å²) < 4.78 is 0. The molecule has 0 saturated carbocycles. The van der Waals surface area contributed by atoms with E-state index in [9.17, 15) is 4.79 Å². The first-order valence-electron chi connectivity index (χ1n) is 9.33. The summed E-state index contributed by atoms with van der Waals surface area (Å²) >= 11 is 0. The highest BCUT2D eigenvalue weighted by Crippen LogP contribution is 2.10. The second-order valence-corrected chi connectivity index (χ2v) is 6.42. The lowest BCUT2D eigenvalue weighted by molar-refractivity contribution is -0.127. The minimum Gasteiger partial charge on any atom is -0.341 e. The van der Waals surface area contributed by atoms with Crippen LogP contribution in [-0.4, -0.2) is 37.0 Å². The van der Waals surface area contributed by atoms with E-state index in [0.717, 1.165) is 39.0 Å². The molecule has 1 aliphatic heterocycles. The fourth-order valence-corrected chi connectivity index (χ4v) is 3.02. The monoisotopic (exact) mass is 296 g/mol. The highest BCUT2D eigenvalue weighted by molar-refractivity contribution is 5.78. The fraction of sp³-hybridized carbons (Fsp3) is 0.944. The van der Waals surface area contributed by atoms with E-state index < -0.39 is 0 Å². The number of rotatable bonds is 14. The van der Waals surface area contributed by atoms with Crippen LogP contribution in [0.1, 0.15) is 84.0 Å². The van der Waals surface area contributed by atoms with Crippen molar-refractivity contribution in [3.63, 3.8) is 0 Å². The van der Waals surface area contributed by atoms with Crippen molar-refractivity contribution in [1.29, 1.82) is 0 Å². The molecule has 3 nitrogen and oxygen atoms in total. The lowest BCUT2D eigenvalue weighted by atomic mass is 10.1. The van der Waals surface area contributed by atoms with Gasteiger partial charge in [-0.1, -0.05) is 64.7 Å². The van der Waals surface area contributed by atoms with Crippen LogP contribution < -0.4 is 5.32 Å². The Labute approximate surface area is 131 Å². The molecule has 3 heteroatoms. The molecule has 0 spiro atoms. The van der Waals surface area contributed by atoms with E-state index in [1.165, 1.54) is 64.2 Å².